The Labute approximate surface area is 127 Å². The summed E-state index contributed by atoms with van der Waals surface area (Å²) in [4.78, 5) is 6.17. The van der Waals surface area contributed by atoms with Crippen LogP contribution in [-0.2, 0) is 6.54 Å². The number of thiophene rings is 1. The van der Waals surface area contributed by atoms with Gasteiger partial charge in [0.1, 0.15) is 5.01 Å². The molecule has 0 aliphatic carbocycles. The molecule has 0 aliphatic rings. The first-order chi connectivity index (χ1) is 9.88. The molecule has 4 heteroatoms. The zero-order valence-corrected chi connectivity index (χ0v) is 12.9. The monoisotopic (exact) mass is 300 g/mol. The average molecular weight is 300 g/mol. The van der Waals surface area contributed by atoms with Crippen molar-refractivity contribution in [2.24, 2.45) is 0 Å². The molecule has 0 saturated carbocycles. The van der Waals surface area contributed by atoms with Gasteiger partial charge in [-0.3, -0.25) is 0 Å². The number of thiazole rings is 1. The molecule has 0 unspecified atom stereocenters. The maximum Gasteiger partial charge on any atom is 0.125 e. The van der Waals surface area contributed by atoms with Gasteiger partial charge >= 0.3 is 0 Å². The van der Waals surface area contributed by atoms with Gasteiger partial charge < -0.3 is 5.32 Å². The Bertz CT molecular complexity index is 657. The molecular formula is C16H16N2S2. The van der Waals surface area contributed by atoms with Crippen molar-refractivity contribution in [2.75, 3.05) is 6.54 Å². The summed E-state index contributed by atoms with van der Waals surface area (Å²) in [5.41, 5.74) is 3.52. The van der Waals surface area contributed by atoms with E-state index in [1.165, 1.54) is 16.0 Å². The molecule has 0 radical (unpaired) electrons. The van der Waals surface area contributed by atoms with Gasteiger partial charge in [0.2, 0.25) is 0 Å². The Kier molecular flexibility index (Phi) is 4.25. The summed E-state index contributed by atoms with van der Waals surface area (Å²) in [6.07, 6.45) is 0. The van der Waals surface area contributed by atoms with Crippen molar-refractivity contribution in [1.82, 2.24) is 10.3 Å². The number of benzene rings is 1. The lowest BCUT2D eigenvalue weighted by Gasteiger charge is -2.02. The molecule has 20 heavy (non-hydrogen) atoms. The first-order valence-electron chi connectivity index (χ1n) is 6.67. The number of rotatable bonds is 5. The Hall–Kier alpha value is -1.49. The van der Waals surface area contributed by atoms with Crippen LogP contribution in [0, 0.1) is 0 Å². The van der Waals surface area contributed by atoms with E-state index in [-0.39, 0.29) is 0 Å². The third kappa shape index (κ3) is 2.82. The number of nitrogens with one attached hydrogen (secondary N) is 1. The van der Waals surface area contributed by atoms with E-state index in [2.05, 4.69) is 53.3 Å². The second kappa shape index (κ2) is 6.31. The highest BCUT2D eigenvalue weighted by atomic mass is 32.1. The van der Waals surface area contributed by atoms with Gasteiger partial charge in [-0.05, 0) is 18.0 Å². The predicted molar refractivity (Wildman–Crippen MR) is 88.2 cm³/mol. The van der Waals surface area contributed by atoms with Gasteiger partial charge in [-0.1, -0.05) is 37.3 Å². The SMILES string of the molecule is CCNCc1sc(-c2ccsc2)nc1-c1ccccc1. The second-order valence-electron chi connectivity index (χ2n) is 4.45. The molecule has 0 fully saturated rings. The van der Waals surface area contributed by atoms with Gasteiger partial charge in [0, 0.05) is 27.9 Å². The Morgan fingerprint density at radius 3 is 2.65 bits per heavy atom. The third-order valence-electron chi connectivity index (χ3n) is 3.05. The predicted octanol–water partition coefficient (Wildman–Crippen LogP) is 4.65. The Morgan fingerprint density at radius 2 is 1.95 bits per heavy atom. The standard InChI is InChI=1S/C16H16N2S2/c1-2-17-10-14-15(12-6-4-3-5-7-12)18-16(20-14)13-8-9-19-11-13/h3-9,11,17H,2,10H2,1H3. The maximum absolute atomic E-state index is 4.86. The molecule has 1 N–H and O–H groups in total. The summed E-state index contributed by atoms with van der Waals surface area (Å²) in [6, 6.07) is 12.6. The van der Waals surface area contributed by atoms with Crippen LogP contribution in [0.15, 0.2) is 47.2 Å². The molecule has 0 amide bonds. The van der Waals surface area contributed by atoms with Crippen molar-refractivity contribution in [1.29, 1.82) is 0 Å². The molecule has 2 aromatic heterocycles. The van der Waals surface area contributed by atoms with E-state index < -0.39 is 0 Å². The summed E-state index contributed by atoms with van der Waals surface area (Å²) >= 11 is 3.50. The van der Waals surface area contributed by atoms with E-state index in [1.54, 1.807) is 22.7 Å². The van der Waals surface area contributed by atoms with Gasteiger partial charge in [-0.25, -0.2) is 4.98 Å². The molecule has 1 aromatic carbocycles. The third-order valence-corrected chi connectivity index (χ3v) is 4.84. The smallest absolute Gasteiger partial charge is 0.125 e. The lowest BCUT2D eigenvalue weighted by atomic mass is 10.1. The van der Waals surface area contributed by atoms with Gasteiger partial charge in [0.05, 0.1) is 5.69 Å². The van der Waals surface area contributed by atoms with Crippen LogP contribution in [0.1, 0.15) is 11.8 Å². The number of aromatic nitrogens is 1. The molecule has 0 spiro atoms. The molecule has 0 saturated heterocycles. The number of nitrogens with zero attached hydrogens (tertiary/aromatic N) is 1. The van der Waals surface area contributed by atoms with Gasteiger partial charge in [0.15, 0.2) is 0 Å². The molecule has 0 bridgehead atoms. The quantitative estimate of drug-likeness (QED) is 0.742. The highest BCUT2D eigenvalue weighted by Gasteiger charge is 2.13. The minimum atomic E-state index is 0.878. The molecule has 2 nitrogen and oxygen atoms in total. The van der Waals surface area contributed by atoms with Crippen LogP contribution in [0.4, 0.5) is 0 Å². The summed E-state index contributed by atoms with van der Waals surface area (Å²) in [7, 11) is 0. The normalized spacial score (nSPS) is 10.8. The molecule has 0 aliphatic heterocycles. The fraction of sp³-hybridized carbons (Fsp3) is 0.188. The zero-order chi connectivity index (χ0) is 13.8. The van der Waals surface area contributed by atoms with Gasteiger partial charge in [-0.15, -0.1) is 11.3 Å². The summed E-state index contributed by atoms with van der Waals surface area (Å²) in [5.74, 6) is 0. The highest BCUT2D eigenvalue weighted by molar-refractivity contribution is 7.16. The fourth-order valence-corrected chi connectivity index (χ4v) is 3.81. The first-order valence-corrected chi connectivity index (χ1v) is 8.43. The molecule has 3 rings (SSSR count). The van der Waals surface area contributed by atoms with Crippen LogP contribution in [0.25, 0.3) is 21.8 Å². The Morgan fingerprint density at radius 1 is 1.10 bits per heavy atom. The summed E-state index contributed by atoms with van der Waals surface area (Å²) in [6.45, 7) is 3.98. The van der Waals surface area contributed by atoms with E-state index in [0.29, 0.717) is 0 Å². The lowest BCUT2D eigenvalue weighted by molar-refractivity contribution is 0.735. The Balaban J connectivity index is 2.02. The van der Waals surface area contributed by atoms with E-state index in [1.807, 2.05) is 6.07 Å². The van der Waals surface area contributed by atoms with Crippen molar-refractivity contribution >= 4 is 22.7 Å². The first kappa shape index (κ1) is 13.5. The molecule has 2 heterocycles. The van der Waals surface area contributed by atoms with Gasteiger partial charge in [0.25, 0.3) is 0 Å². The lowest BCUT2D eigenvalue weighted by Crippen LogP contribution is -2.11. The van der Waals surface area contributed by atoms with Crippen LogP contribution in [0.2, 0.25) is 0 Å². The summed E-state index contributed by atoms with van der Waals surface area (Å²) in [5, 5.41) is 8.77. The molecule has 0 atom stereocenters. The van der Waals surface area contributed by atoms with Crippen LogP contribution in [0.3, 0.4) is 0 Å². The zero-order valence-electron chi connectivity index (χ0n) is 11.3. The molecule has 3 aromatic rings. The summed E-state index contributed by atoms with van der Waals surface area (Å²) < 4.78 is 0. The van der Waals surface area contributed by atoms with E-state index in [9.17, 15) is 0 Å². The molecule has 102 valence electrons. The van der Waals surface area contributed by atoms with Crippen LogP contribution < -0.4 is 5.32 Å². The maximum atomic E-state index is 4.86. The molecular weight excluding hydrogens is 284 g/mol. The number of hydrogen-bond acceptors (Lipinski definition) is 4. The fourth-order valence-electron chi connectivity index (χ4n) is 2.04. The van der Waals surface area contributed by atoms with Crippen molar-refractivity contribution in [3.63, 3.8) is 0 Å². The minimum absolute atomic E-state index is 0.878. The van der Waals surface area contributed by atoms with Crippen LogP contribution in [0.5, 0.6) is 0 Å². The van der Waals surface area contributed by atoms with Crippen molar-refractivity contribution in [3.05, 3.63) is 52.0 Å². The van der Waals surface area contributed by atoms with E-state index >= 15 is 0 Å². The van der Waals surface area contributed by atoms with Gasteiger partial charge in [-0.2, -0.15) is 11.3 Å². The van der Waals surface area contributed by atoms with Crippen molar-refractivity contribution in [2.45, 2.75) is 13.5 Å². The highest BCUT2D eigenvalue weighted by Crippen LogP contribution is 2.34. The van der Waals surface area contributed by atoms with Crippen molar-refractivity contribution < 1.29 is 0 Å². The largest absolute Gasteiger partial charge is 0.312 e. The van der Waals surface area contributed by atoms with Crippen LogP contribution >= 0.6 is 22.7 Å². The van der Waals surface area contributed by atoms with E-state index in [4.69, 9.17) is 4.98 Å². The van der Waals surface area contributed by atoms with E-state index in [0.717, 1.165) is 23.8 Å². The minimum Gasteiger partial charge on any atom is -0.312 e. The average Bonchev–Trinajstić information content (AvgIpc) is 3.15. The topological polar surface area (TPSA) is 24.9 Å². The van der Waals surface area contributed by atoms with Crippen LogP contribution in [-0.4, -0.2) is 11.5 Å². The van der Waals surface area contributed by atoms with Crippen molar-refractivity contribution in [3.8, 4) is 21.8 Å². The second-order valence-corrected chi connectivity index (χ2v) is 6.31. The number of hydrogen-bond donors (Lipinski definition) is 1.